The highest BCUT2D eigenvalue weighted by molar-refractivity contribution is 5.84. The normalized spacial score (nSPS) is 28.4. The summed E-state index contributed by atoms with van der Waals surface area (Å²) in [5.41, 5.74) is 1.35. The molecule has 21 heavy (non-hydrogen) atoms. The lowest BCUT2D eigenvalue weighted by Gasteiger charge is -2.35. The number of fused-ring (bicyclic) bond motifs is 2. The minimum atomic E-state index is -0.0518. The van der Waals surface area contributed by atoms with Crippen molar-refractivity contribution in [3.8, 4) is 5.75 Å². The van der Waals surface area contributed by atoms with Gasteiger partial charge < -0.3 is 9.84 Å². The van der Waals surface area contributed by atoms with E-state index >= 15 is 0 Å². The first-order valence-corrected chi connectivity index (χ1v) is 7.70. The van der Waals surface area contributed by atoms with Gasteiger partial charge in [0.1, 0.15) is 5.75 Å². The van der Waals surface area contributed by atoms with Crippen LogP contribution in [0.4, 0.5) is 0 Å². The van der Waals surface area contributed by atoms with Crippen LogP contribution in [0.2, 0.25) is 0 Å². The van der Waals surface area contributed by atoms with Gasteiger partial charge in [0, 0.05) is 25.6 Å². The molecule has 1 saturated heterocycles. The van der Waals surface area contributed by atoms with Crippen LogP contribution < -0.4 is 4.74 Å². The number of benzene rings is 2. The van der Waals surface area contributed by atoms with Crippen LogP contribution >= 0.6 is 0 Å². The summed E-state index contributed by atoms with van der Waals surface area (Å²) in [6.45, 7) is 3.18. The smallest absolute Gasteiger partial charge is 0.119 e. The quantitative estimate of drug-likeness (QED) is 0.940. The number of aliphatic hydroxyl groups excluding tert-OH is 1. The summed E-state index contributed by atoms with van der Waals surface area (Å²) in [7, 11) is 1.70. The number of ether oxygens (including phenoxy) is 1. The van der Waals surface area contributed by atoms with Gasteiger partial charge in [-0.2, -0.15) is 0 Å². The summed E-state index contributed by atoms with van der Waals surface area (Å²) < 4.78 is 5.27. The van der Waals surface area contributed by atoms with Crippen molar-refractivity contribution in [1.29, 1.82) is 0 Å². The molecule has 1 aliphatic carbocycles. The molecule has 3 heteroatoms. The van der Waals surface area contributed by atoms with Gasteiger partial charge in [-0.3, -0.25) is 4.90 Å². The average Bonchev–Trinajstić information content (AvgIpc) is 2.83. The second-order valence-corrected chi connectivity index (χ2v) is 6.47. The van der Waals surface area contributed by atoms with Crippen molar-refractivity contribution in [2.75, 3.05) is 20.2 Å². The summed E-state index contributed by atoms with van der Waals surface area (Å²) in [5.74, 6) is 2.15. The molecule has 1 N–H and O–H groups in total. The van der Waals surface area contributed by atoms with Crippen molar-refractivity contribution >= 4 is 10.8 Å². The van der Waals surface area contributed by atoms with Crippen LogP contribution in [0.5, 0.6) is 5.75 Å². The molecular weight excluding hydrogens is 262 g/mol. The Morgan fingerprint density at radius 2 is 1.95 bits per heavy atom. The molecule has 0 unspecified atom stereocenters. The van der Waals surface area contributed by atoms with E-state index in [1.807, 2.05) is 6.07 Å². The summed E-state index contributed by atoms with van der Waals surface area (Å²) >= 11 is 0. The van der Waals surface area contributed by atoms with Crippen LogP contribution in [0.15, 0.2) is 36.4 Å². The van der Waals surface area contributed by atoms with Gasteiger partial charge in [0.15, 0.2) is 0 Å². The Labute approximate surface area is 125 Å². The molecule has 2 aliphatic rings. The third kappa shape index (κ3) is 2.30. The van der Waals surface area contributed by atoms with Gasteiger partial charge in [-0.05, 0) is 46.9 Å². The highest BCUT2D eigenvalue weighted by Crippen LogP contribution is 2.41. The maximum absolute atomic E-state index is 9.75. The highest BCUT2D eigenvalue weighted by atomic mass is 16.5. The molecule has 0 aromatic heterocycles. The molecule has 0 bridgehead atoms. The number of hydrogen-bond donors (Lipinski definition) is 1. The SMILES string of the molecule is COc1ccc2cc(CN3C[C@H]4C[C@@H](O)[C@H]4C3)ccc2c1. The number of rotatable bonds is 3. The Kier molecular flexibility index (Phi) is 3.12. The summed E-state index contributed by atoms with van der Waals surface area (Å²) in [5, 5.41) is 12.2. The number of methoxy groups -OCH3 is 1. The zero-order chi connectivity index (χ0) is 14.4. The molecule has 1 aliphatic heterocycles. The van der Waals surface area contributed by atoms with Crippen LogP contribution in [0.3, 0.4) is 0 Å². The first-order chi connectivity index (χ1) is 10.2. The molecule has 2 aromatic carbocycles. The Morgan fingerprint density at radius 1 is 1.14 bits per heavy atom. The first-order valence-electron chi connectivity index (χ1n) is 7.70. The second-order valence-electron chi connectivity index (χ2n) is 6.47. The van der Waals surface area contributed by atoms with Gasteiger partial charge in [-0.15, -0.1) is 0 Å². The molecule has 2 aromatic rings. The predicted octanol–water partition coefficient (Wildman–Crippen LogP) is 2.66. The van der Waals surface area contributed by atoms with E-state index in [0.717, 1.165) is 37.7 Å². The van der Waals surface area contributed by atoms with E-state index in [1.54, 1.807) is 7.11 Å². The van der Waals surface area contributed by atoms with Crippen LogP contribution in [0, 0.1) is 11.8 Å². The van der Waals surface area contributed by atoms with Crippen molar-refractivity contribution < 1.29 is 9.84 Å². The molecule has 4 rings (SSSR count). The van der Waals surface area contributed by atoms with E-state index in [4.69, 9.17) is 4.74 Å². The second kappa shape index (κ2) is 5.00. The van der Waals surface area contributed by atoms with Crippen molar-refractivity contribution in [3.05, 3.63) is 42.0 Å². The molecule has 2 fully saturated rings. The lowest BCUT2D eigenvalue weighted by molar-refractivity contribution is -0.00435. The Bertz CT molecular complexity index is 669. The van der Waals surface area contributed by atoms with Gasteiger partial charge >= 0.3 is 0 Å². The lowest BCUT2D eigenvalue weighted by atomic mass is 9.74. The van der Waals surface area contributed by atoms with Gasteiger partial charge in [-0.1, -0.05) is 18.2 Å². The van der Waals surface area contributed by atoms with E-state index in [2.05, 4.69) is 35.2 Å². The molecule has 3 atom stereocenters. The molecule has 3 nitrogen and oxygen atoms in total. The zero-order valence-electron chi connectivity index (χ0n) is 12.3. The minimum Gasteiger partial charge on any atom is -0.497 e. The molecule has 0 radical (unpaired) electrons. The number of likely N-dealkylation sites (tertiary alicyclic amines) is 1. The fourth-order valence-corrected chi connectivity index (χ4v) is 3.85. The largest absolute Gasteiger partial charge is 0.497 e. The molecular formula is C18H21NO2. The van der Waals surface area contributed by atoms with Gasteiger partial charge in [0.25, 0.3) is 0 Å². The fourth-order valence-electron chi connectivity index (χ4n) is 3.85. The average molecular weight is 283 g/mol. The number of nitrogens with zero attached hydrogens (tertiary/aromatic N) is 1. The maximum atomic E-state index is 9.75. The summed E-state index contributed by atoms with van der Waals surface area (Å²) in [4.78, 5) is 2.48. The van der Waals surface area contributed by atoms with Crippen LogP contribution in [-0.2, 0) is 6.54 Å². The van der Waals surface area contributed by atoms with Crippen molar-refractivity contribution in [1.82, 2.24) is 4.90 Å². The van der Waals surface area contributed by atoms with Crippen molar-refractivity contribution in [3.63, 3.8) is 0 Å². The molecule has 1 heterocycles. The Balaban J connectivity index is 1.52. The van der Waals surface area contributed by atoms with E-state index in [-0.39, 0.29) is 6.10 Å². The third-order valence-corrected chi connectivity index (χ3v) is 5.12. The minimum absolute atomic E-state index is 0.0518. The summed E-state index contributed by atoms with van der Waals surface area (Å²) in [6.07, 6.45) is 0.947. The van der Waals surface area contributed by atoms with E-state index in [1.165, 1.54) is 16.3 Å². The maximum Gasteiger partial charge on any atom is 0.119 e. The standard InChI is InChI=1S/C18H21NO2/c1-21-16-5-4-13-6-12(2-3-14(13)7-16)9-19-10-15-8-18(20)17(15)11-19/h2-7,15,17-18,20H,8-11H2,1H3/t15-,17+,18-/m1/s1. The molecule has 1 saturated carbocycles. The van der Waals surface area contributed by atoms with E-state index in [0.29, 0.717) is 5.92 Å². The predicted molar refractivity (Wildman–Crippen MR) is 83.4 cm³/mol. The Hall–Kier alpha value is -1.58. The highest BCUT2D eigenvalue weighted by Gasteiger charge is 2.45. The topological polar surface area (TPSA) is 32.7 Å². The van der Waals surface area contributed by atoms with E-state index in [9.17, 15) is 5.11 Å². The molecule has 0 spiro atoms. The van der Waals surface area contributed by atoms with Crippen LogP contribution in [-0.4, -0.2) is 36.3 Å². The zero-order valence-corrected chi connectivity index (χ0v) is 12.3. The van der Waals surface area contributed by atoms with E-state index < -0.39 is 0 Å². The fraction of sp³-hybridized carbons (Fsp3) is 0.444. The number of aliphatic hydroxyl groups is 1. The lowest BCUT2D eigenvalue weighted by Crippen LogP contribution is -2.39. The van der Waals surface area contributed by atoms with Crippen LogP contribution in [0.1, 0.15) is 12.0 Å². The van der Waals surface area contributed by atoms with Crippen molar-refractivity contribution in [2.24, 2.45) is 11.8 Å². The monoisotopic (exact) mass is 283 g/mol. The molecule has 0 amide bonds. The van der Waals surface area contributed by atoms with Gasteiger partial charge in [0.05, 0.1) is 13.2 Å². The summed E-state index contributed by atoms with van der Waals surface area (Å²) in [6, 6.07) is 12.9. The Morgan fingerprint density at radius 3 is 2.71 bits per heavy atom. The third-order valence-electron chi connectivity index (χ3n) is 5.12. The van der Waals surface area contributed by atoms with Crippen molar-refractivity contribution in [2.45, 2.75) is 19.1 Å². The molecule has 110 valence electrons. The van der Waals surface area contributed by atoms with Gasteiger partial charge in [0.2, 0.25) is 0 Å². The number of hydrogen-bond acceptors (Lipinski definition) is 3. The van der Waals surface area contributed by atoms with Crippen LogP contribution in [0.25, 0.3) is 10.8 Å². The first kappa shape index (κ1) is 13.1. The van der Waals surface area contributed by atoms with Gasteiger partial charge in [-0.25, -0.2) is 0 Å².